The molecule has 0 bridgehead atoms. The van der Waals surface area contributed by atoms with Crippen molar-refractivity contribution in [2.75, 3.05) is 12.8 Å². The van der Waals surface area contributed by atoms with Gasteiger partial charge in [0.25, 0.3) is 0 Å². The van der Waals surface area contributed by atoms with Crippen LogP contribution in [0.5, 0.6) is 5.75 Å². The van der Waals surface area contributed by atoms with Crippen molar-refractivity contribution in [1.82, 2.24) is 9.97 Å². The van der Waals surface area contributed by atoms with E-state index in [0.29, 0.717) is 11.5 Å². The second kappa shape index (κ2) is 4.57. The Morgan fingerprint density at radius 1 is 0.947 bits per heavy atom. The molecule has 0 atom stereocenters. The summed E-state index contributed by atoms with van der Waals surface area (Å²) in [6.45, 7) is 0. The summed E-state index contributed by atoms with van der Waals surface area (Å²) in [5.41, 5.74) is 8.10. The molecular weight excluding hydrogens is 238 g/mol. The number of anilines is 1. The number of hydrogen-bond donors (Lipinski definition) is 1. The van der Waals surface area contributed by atoms with Crippen LogP contribution in [0.2, 0.25) is 0 Å². The van der Waals surface area contributed by atoms with Crippen LogP contribution in [-0.2, 0) is 0 Å². The maximum Gasteiger partial charge on any atom is 0.162 e. The van der Waals surface area contributed by atoms with Crippen molar-refractivity contribution in [3.8, 4) is 17.0 Å². The largest absolute Gasteiger partial charge is 0.496 e. The summed E-state index contributed by atoms with van der Waals surface area (Å²) < 4.78 is 5.35. The first-order valence-electron chi connectivity index (χ1n) is 5.94. The third-order valence-electron chi connectivity index (χ3n) is 2.96. The topological polar surface area (TPSA) is 61.0 Å². The third-order valence-corrected chi connectivity index (χ3v) is 2.96. The van der Waals surface area contributed by atoms with Crippen molar-refractivity contribution in [2.45, 2.75) is 0 Å². The lowest BCUT2D eigenvalue weighted by Crippen LogP contribution is -1.94. The molecule has 4 heteroatoms. The molecule has 3 rings (SSSR count). The van der Waals surface area contributed by atoms with Gasteiger partial charge in [-0.25, -0.2) is 9.97 Å². The summed E-state index contributed by atoms with van der Waals surface area (Å²) in [4.78, 5) is 8.79. The van der Waals surface area contributed by atoms with Crippen molar-refractivity contribution in [3.63, 3.8) is 0 Å². The fraction of sp³-hybridized carbons (Fsp3) is 0.0667. The number of hydrogen-bond acceptors (Lipinski definition) is 4. The molecule has 3 aromatic rings. The molecule has 94 valence electrons. The molecule has 0 aliphatic carbocycles. The Morgan fingerprint density at radius 3 is 2.58 bits per heavy atom. The van der Waals surface area contributed by atoms with Gasteiger partial charge in [0.1, 0.15) is 11.6 Å². The van der Waals surface area contributed by atoms with Crippen LogP contribution in [0, 0.1) is 0 Å². The van der Waals surface area contributed by atoms with E-state index in [-0.39, 0.29) is 0 Å². The second-order valence-electron chi connectivity index (χ2n) is 4.18. The van der Waals surface area contributed by atoms with Crippen LogP contribution in [-0.4, -0.2) is 17.1 Å². The molecule has 19 heavy (non-hydrogen) atoms. The number of rotatable bonds is 2. The van der Waals surface area contributed by atoms with Gasteiger partial charge in [0.05, 0.1) is 12.8 Å². The molecule has 0 fully saturated rings. The van der Waals surface area contributed by atoms with E-state index in [4.69, 9.17) is 10.5 Å². The van der Waals surface area contributed by atoms with Gasteiger partial charge >= 0.3 is 0 Å². The lowest BCUT2D eigenvalue weighted by Gasteiger charge is -2.08. The number of methoxy groups -OCH3 is 1. The Balaban J connectivity index is 2.20. The molecular formula is C15H13N3O. The van der Waals surface area contributed by atoms with Crippen molar-refractivity contribution in [3.05, 3.63) is 48.5 Å². The average Bonchev–Trinajstić information content (AvgIpc) is 2.46. The zero-order chi connectivity index (χ0) is 13.2. The summed E-state index contributed by atoms with van der Waals surface area (Å²) in [7, 11) is 1.65. The number of pyridine rings is 2. The molecule has 0 spiro atoms. The highest BCUT2D eigenvalue weighted by atomic mass is 16.5. The molecule has 2 N–H and O–H groups in total. The van der Waals surface area contributed by atoms with Gasteiger partial charge in [-0.2, -0.15) is 0 Å². The molecule has 0 aliphatic rings. The van der Waals surface area contributed by atoms with E-state index in [1.807, 2.05) is 42.5 Å². The van der Waals surface area contributed by atoms with E-state index in [2.05, 4.69) is 9.97 Å². The van der Waals surface area contributed by atoms with Crippen LogP contribution in [0.3, 0.4) is 0 Å². The summed E-state index contributed by atoms with van der Waals surface area (Å²) in [5, 5.41) is 0.966. The monoisotopic (exact) mass is 251 g/mol. The van der Waals surface area contributed by atoms with Gasteiger partial charge < -0.3 is 10.5 Å². The number of nitrogens with zero attached hydrogens (tertiary/aromatic N) is 2. The number of benzene rings is 1. The van der Waals surface area contributed by atoms with Crippen LogP contribution >= 0.6 is 0 Å². The molecule has 0 radical (unpaired) electrons. The quantitative estimate of drug-likeness (QED) is 0.760. The summed E-state index contributed by atoms with van der Waals surface area (Å²) in [6, 6.07) is 15.4. The minimum Gasteiger partial charge on any atom is -0.496 e. The summed E-state index contributed by atoms with van der Waals surface area (Å²) in [5.74, 6) is 1.26. The van der Waals surface area contributed by atoms with Crippen molar-refractivity contribution in [1.29, 1.82) is 0 Å². The van der Waals surface area contributed by atoms with Crippen LogP contribution in [0.25, 0.3) is 22.3 Å². The number of nitrogen functional groups attached to an aromatic ring is 1. The Labute approximate surface area is 110 Å². The molecule has 0 aliphatic heterocycles. The minimum absolute atomic E-state index is 0.470. The first kappa shape index (κ1) is 11.5. The van der Waals surface area contributed by atoms with Crippen molar-refractivity contribution in [2.24, 2.45) is 0 Å². The lowest BCUT2D eigenvalue weighted by molar-refractivity contribution is 0.416. The van der Waals surface area contributed by atoms with Gasteiger partial charge in [-0.15, -0.1) is 0 Å². The average molecular weight is 251 g/mol. The zero-order valence-corrected chi connectivity index (χ0v) is 10.5. The Bertz CT molecular complexity index is 740. The fourth-order valence-corrected chi connectivity index (χ4v) is 2.02. The van der Waals surface area contributed by atoms with Gasteiger partial charge in [0.15, 0.2) is 5.65 Å². The van der Waals surface area contributed by atoms with E-state index in [1.54, 1.807) is 13.2 Å². The van der Waals surface area contributed by atoms with Gasteiger partial charge in [0.2, 0.25) is 0 Å². The SMILES string of the molecule is COc1ccccc1-c1ccc2ccc(N)nc2n1. The van der Waals surface area contributed by atoms with Crippen LogP contribution in [0.15, 0.2) is 48.5 Å². The highest BCUT2D eigenvalue weighted by molar-refractivity contribution is 5.80. The number of nitrogens with two attached hydrogens (primary N) is 1. The van der Waals surface area contributed by atoms with E-state index in [0.717, 1.165) is 22.4 Å². The number of ether oxygens (including phenoxy) is 1. The molecule has 0 amide bonds. The highest BCUT2D eigenvalue weighted by Gasteiger charge is 2.07. The van der Waals surface area contributed by atoms with Crippen LogP contribution < -0.4 is 10.5 Å². The zero-order valence-electron chi connectivity index (χ0n) is 10.5. The molecule has 0 saturated heterocycles. The van der Waals surface area contributed by atoms with E-state index in [1.165, 1.54) is 0 Å². The first-order valence-corrected chi connectivity index (χ1v) is 5.94. The molecule has 0 unspecified atom stereocenters. The van der Waals surface area contributed by atoms with Gasteiger partial charge in [-0.3, -0.25) is 0 Å². The van der Waals surface area contributed by atoms with Gasteiger partial charge in [0, 0.05) is 10.9 Å². The highest BCUT2D eigenvalue weighted by Crippen LogP contribution is 2.29. The van der Waals surface area contributed by atoms with Crippen LogP contribution in [0.1, 0.15) is 0 Å². The predicted octanol–water partition coefficient (Wildman–Crippen LogP) is 2.89. The lowest BCUT2D eigenvalue weighted by atomic mass is 10.1. The normalized spacial score (nSPS) is 10.6. The third kappa shape index (κ3) is 2.08. The van der Waals surface area contributed by atoms with Crippen molar-refractivity contribution >= 4 is 16.9 Å². The van der Waals surface area contributed by atoms with Gasteiger partial charge in [-0.05, 0) is 36.4 Å². The Kier molecular flexibility index (Phi) is 2.76. The molecule has 4 nitrogen and oxygen atoms in total. The fourth-order valence-electron chi connectivity index (χ4n) is 2.02. The van der Waals surface area contributed by atoms with Gasteiger partial charge in [-0.1, -0.05) is 12.1 Å². The Morgan fingerprint density at radius 2 is 1.74 bits per heavy atom. The number of fused-ring (bicyclic) bond motifs is 1. The molecule has 2 heterocycles. The molecule has 1 aromatic carbocycles. The number of aromatic nitrogens is 2. The standard InChI is InChI=1S/C15H13N3O/c1-19-13-5-3-2-4-11(13)12-8-6-10-7-9-14(16)18-15(10)17-12/h2-9H,1H3,(H2,16,17,18). The Hall–Kier alpha value is -2.62. The first-order chi connectivity index (χ1) is 9.28. The van der Waals surface area contributed by atoms with Crippen molar-refractivity contribution < 1.29 is 4.74 Å². The minimum atomic E-state index is 0.470. The predicted molar refractivity (Wildman–Crippen MR) is 75.9 cm³/mol. The van der Waals surface area contributed by atoms with E-state index < -0.39 is 0 Å². The summed E-state index contributed by atoms with van der Waals surface area (Å²) in [6.07, 6.45) is 0. The maximum atomic E-state index is 5.69. The summed E-state index contributed by atoms with van der Waals surface area (Å²) >= 11 is 0. The smallest absolute Gasteiger partial charge is 0.162 e. The molecule has 0 saturated carbocycles. The van der Waals surface area contributed by atoms with E-state index >= 15 is 0 Å². The van der Waals surface area contributed by atoms with Crippen LogP contribution in [0.4, 0.5) is 5.82 Å². The maximum absolute atomic E-state index is 5.69. The molecule has 2 aromatic heterocycles. The van der Waals surface area contributed by atoms with E-state index in [9.17, 15) is 0 Å². The second-order valence-corrected chi connectivity index (χ2v) is 4.18. The number of para-hydroxylation sites is 1.